The zero-order valence-electron chi connectivity index (χ0n) is 13.4. The van der Waals surface area contributed by atoms with Gasteiger partial charge >= 0.3 is 5.97 Å². The Balaban J connectivity index is 1.70. The molecule has 0 bridgehead atoms. The van der Waals surface area contributed by atoms with Crippen molar-refractivity contribution in [2.45, 2.75) is 6.42 Å². The second-order valence-corrected chi connectivity index (χ2v) is 5.89. The highest BCUT2D eigenvalue weighted by Crippen LogP contribution is 2.18. The Morgan fingerprint density at radius 3 is 2.79 bits per heavy atom. The zero-order valence-corrected chi connectivity index (χ0v) is 14.2. The predicted molar refractivity (Wildman–Crippen MR) is 94.0 cm³/mol. The lowest BCUT2D eigenvalue weighted by atomic mass is 10.2. The summed E-state index contributed by atoms with van der Waals surface area (Å²) >= 11 is 1.64. The number of amides is 1. The van der Waals surface area contributed by atoms with Crippen molar-refractivity contribution >= 4 is 29.3 Å². The third-order valence-corrected chi connectivity index (χ3v) is 4.09. The fourth-order valence-electron chi connectivity index (χ4n) is 1.98. The molecular formula is C18H19NO4S. The molecule has 1 amide bonds. The summed E-state index contributed by atoms with van der Waals surface area (Å²) in [5, 5.41) is 4.71. The normalized spacial score (nSPS) is 10.5. The second-order valence-electron chi connectivity index (χ2n) is 4.86. The SMILES string of the molecule is COc1ccccc1/C=C/C(=O)OCC(=O)NCCc1cccs1. The highest BCUT2D eigenvalue weighted by molar-refractivity contribution is 7.09. The van der Waals surface area contributed by atoms with E-state index in [0.717, 1.165) is 12.0 Å². The molecule has 0 saturated carbocycles. The average molecular weight is 345 g/mol. The Kier molecular flexibility index (Phi) is 7.04. The molecule has 0 atom stereocenters. The number of hydrogen-bond donors (Lipinski definition) is 1. The summed E-state index contributed by atoms with van der Waals surface area (Å²) in [7, 11) is 1.56. The molecule has 0 spiro atoms. The van der Waals surface area contributed by atoms with Gasteiger partial charge in [-0.25, -0.2) is 4.79 Å². The van der Waals surface area contributed by atoms with Crippen LogP contribution in [0.2, 0.25) is 0 Å². The molecule has 0 aliphatic carbocycles. The zero-order chi connectivity index (χ0) is 17.2. The van der Waals surface area contributed by atoms with Crippen LogP contribution in [0.1, 0.15) is 10.4 Å². The molecule has 0 fully saturated rings. The van der Waals surface area contributed by atoms with E-state index in [0.29, 0.717) is 12.3 Å². The largest absolute Gasteiger partial charge is 0.496 e. The predicted octanol–water partition coefficient (Wildman–Crippen LogP) is 2.67. The summed E-state index contributed by atoms with van der Waals surface area (Å²) in [6, 6.07) is 11.3. The third kappa shape index (κ3) is 5.89. The molecule has 2 rings (SSSR count). The number of nitrogens with one attached hydrogen (secondary N) is 1. The Morgan fingerprint density at radius 2 is 2.04 bits per heavy atom. The monoisotopic (exact) mass is 345 g/mol. The molecule has 0 unspecified atom stereocenters. The van der Waals surface area contributed by atoms with E-state index in [2.05, 4.69) is 5.32 Å². The van der Waals surface area contributed by atoms with Crippen LogP contribution in [0, 0.1) is 0 Å². The van der Waals surface area contributed by atoms with Crippen LogP contribution >= 0.6 is 11.3 Å². The number of carbonyl (C=O) groups excluding carboxylic acids is 2. The van der Waals surface area contributed by atoms with Crippen molar-refractivity contribution in [1.82, 2.24) is 5.32 Å². The summed E-state index contributed by atoms with van der Waals surface area (Å²) in [6.07, 6.45) is 3.64. The lowest BCUT2D eigenvalue weighted by molar-refractivity contribution is -0.143. The van der Waals surface area contributed by atoms with Gasteiger partial charge in [-0.05, 0) is 30.0 Å². The minimum atomic E-state index is -0.575. The van der Waals surface area contributed by atoms with Crippen molar-refractivity contribution < 1.29 is 19.1 Å². The first-order valence-corrected chi connectivity index (χ1v) is 8.34. The van der Waals surface area contributed by atoms with Gasteiger partial charge in [0.25, 0.3) is 5.91 Å². The number of methoxy groups -OCH3 is 1. The number of hydrogen-bond acceptors (Lipinski definition) is 5. The molecule has 1 heterocycles. The van der Waals surface area contributed by atoms with E-state index in [4.69, 9.17) is 9.47 Å². The van der Waals surface area contributed by atoms with Crippen LogP contribution in [0.15, 0.2) is 47.9 Å². The van der Waals surface area contributed by atoms with Gasteiger partial charge in [0.05, 0.1) is 7.11 Å². The van der Waals surface area contributed by atoms with Crippen LogP contribution in [-0.4, -0.2) is 32.1 Å². The van der Waals surface area contributed by atoms with Crippen LogP contribution in [0.4, 0.5) is 0 Å². The first-order chi connectivity index (χ1) is 11.7. The first kappa shape index (κ1) is 17.7. The highest BCUT2D eigenvalue weighted by Gasteiger charge is 2.05. The number of rotatable bonds is 8. The van der Waals surface area contributed by atoms with Gasteiger partial charge < -0.3 is 14.8 Å². The summed E-state index contributed by atoms with van der Waals surface area (Å²) in [6.45, 7) is 0.230. The molecule has 1 aromatic carbocycles. The van der Waals surface area contributed by atoms with E-state index in [1.165, 1.54) is 11.0 Å². The number of para-hydroxylation sites is 1. The molecule has 5 nitrogen and oxygen atoms in total. The van der Waals surface area contributed by atoms with Crippen molar-refractivity contribution in [2.24, 2.45) is 0 Å². The third-order valence-electron chi connectivity index (χ3n) is 3.16. The number of ether oxygens (including phenoxy) is 2. The quantitative estimate of drug-likeness (QED) is 0.590. The molecule has 1 N–H and O–H groups in total. The van der Waals surface area contributed by atoms with Crippen LogP contribution in [0.25, 0.3) is 6.08 Å². The Bertz CT molecular complexity index is 695. The molecule has 1 aromatic heterocycles. The van der Waals surface area contributed by atoms with E-state index in [9.17, 15) is 9.59 Å². The fourth-order valence-corrected chi connectivity index (χ4v) is 2.69. The van der Waals surface area contributed by atoms with E-state index < -0.39 is 5.97 Å². The Hall–Kier alpha value is -2.60. The van der Waals surface area contributed by atoms with Gasteiger partial charge in [-0.1, -0.05) is 24.3 Å². The van der Waals surface area contributed by atoms with Gasteiger partial charge in [-0.3, -0.25) is 4.79 Å². The van der Waals surface area contributed by atoms with Gasteiger partial charge in [-0.15, -0.1) is 11.3 Å². The smallest absolute Gasteiger partial charge is 0.331 e. The fraction of sp³-hybridized carbons (Fsp3) is 0.222. The maximum atomic E-state index is 11.7. The molecule has 6 heteroatoms. The van der Waals surface area contributed by atoms with Crippen LogP contribution in [0.5, 0.6) is 5.75 Å². The number of carbonyl (C=O) groups is 2. The van der Waals surface area contributed by atoms with Crippen LogP contribution in [-0.2, 0) is 20.7 Å². The van der Waals surface area contributed by atoms with Crippen molar-refractivity contribution in [3.63, 3.8) is 0 Å². The summed E-state index contributed by atoms with van der Waals surface area (Å²) in [5.74, 6) is -0.229. The van der Waals surface area contributed by atoms with Crippen molar-refractivity contribution in [2.75, 3.05) is 20.3 Å². The minimum Gasteiger partial charge on any atom is -0.496 e. The number of thiophene rings is 1. The molecule has 0 aliphatic rings. The van der Waals surface area contributed by atoms with Crippen molar-refractivity contribution in [3.05, 3.63) is 58.3 Å². The van der Waals surface area contributed by atoms with E-state index in [-0.39, 0.29) is 12.5 Å². The second kappa shape index (κ2) is 9.52. The van der Waals surface area contributed by atoms with Gasteiger partial charge in [0, 0.05) is 23.1 Å². The van der Waals surface area contributed by atoms with Gasteiger partial charge in [0.15, 0.2) is 6.61 Å². The number of esters is 1. The van der Waals surface area contributed by atoms with Crippen LogP contribution < -0.4 is 10.1 Å². The molecule has 2 aromatic rings. The summed E-state index contributed by atoms with van der Waals surface area (Å²) in [4.78, 5) is 24.5. The van der Waals surface area contributed by atoms with Crippen LogP contribution in [0.3, 0.4) is 0 Å². The topological polar surface area (TPSA) is 64.6 Å². The Morgan fingerprint density at radius 1 is 1.21 bits per heavy atom. The molecular weight excluding hydrogens is 326 g/mol. The molecule has 24 heavy (non-hydrogen) atoms. The highest BCUT2D eigenvalue weighted by atomic mass is 32.1. The van der Waals surface area contributed by atoms with Gasteiger partial charge in [0.1, 0.15) is 5.75 Å². The Labute approximate surface area is 144 Å². The summed E-state index contributed by atoms with van der Waals surface area (Å²) < 4.78 is 10.1. The maximum Gasteiger partial charge on any atom is 0.331 e. The summed E-state index contributed by atoms with van der Waals surface area (Å²) in [5.41, 5.74) is 0.761. The molecule has 126 valence electrons. The lowest BCUT2D eigenvalue weighted by Gasteiger charge is -2.05. The maximum absolute atomic E-state index is 11.7. The minimum absolute atomic E-state index is 0.292. The first-order valence-electron chi connectivity index (χ1n) is 7.46. The molecule has 0 radical (unpaired) electrons. The molecule has 0 saturated heterocycles. The van der Waals surface area contributed by atoms with Crippen molar-refractivity contribution in [3.8, 4) is 5.75 Å². The van der Waals surface area contributed by atoms with E-state index in [1.54, 1.807) is 30.6 Å². The van der Waals surface area contributed by atoms with E-state index >= 15 is 0 Å². The lowest BCUT2D eigenvalue weighted by Crippen LogP contribution is -2.30. The van der Waals surface area contributed by atoms with E-state index in [1.807, 2.05) is 35.7 Å². The van der Waals surface area contributed by atoms with Gasteiger partial charge in [-0.2, -0.15) is 0 Å². The molecule has 0 aliphatic heterocycles. The van der Waals surface area contributed by atoms with Crippen molar-refractivity contribution in [1.29, 1.82) is 0 Å². The average Bonchev–Trinajstić information content (AvgIpc) is 3.11. The number of benzene rings is 1. The van der Waals surface area contributed by atoms with Gasteiger partial charge in [0.2, 0.25) is 0 Å². The standard InChI is InChI=1S/C18H19NO4S/c1-22-16-7-3-2-5-14(16)8-9-18(21)23-13-17(20)19-11-10-15-6-4-12-24-15/h2-9,12H,10-11,13H2,1H3,(H,19,20)/b9-8+.